The third-order valence-corrected chi connectivity index (χ3v) is 5.81. The van der Waals surface area contributed by atoms with Gasteiger partial charge in [-0.2, -0.15) is 0 Å². The number of hydrogen-bond acceptors (Lipinski definition) is 8. The molecular weight excluding hydrogens is 408 g/mol. The van der Waals surface area contributed by atoms with Gasteiger partial charge in [0.2, 0.25) is 0 Å². The van der Waals surface area contributed by atoms with E-state index in [2.05, 4.69) is 10.3 Å². The van der Waals surface area contributed by atoms with Crippen molar-refractivity contribution in [3.63, 3.8) is 0 Å². The molecule has 1 fully saturated rings. The summed E-state index contributed by atoms with van der Waals surface area (Å²) >= 11 is 1.37. The van der Waals surface area contributed by atoms with Crippen LogP contribution in [0.25, 0.3) is 10.2 Å². The minimum atomic E-state index is -0.327. The van der Waals surface area contributed by atoms with E-state index < -0.39 is 0 Å². The Balaban J connectivity index is 1.67. The molecule has 158 valence electrons. The lowest BCUT2D eigenvalue weighted by atomic mass is 10.1. The molecule has 1 N–H and O–H groups in total. The Labute approximate surface area is 177 Å². The summed E-state index contributed by atoms with van der Waals surface area (Å²) in [6.07, 6.45) is -0.183. The number of thiazole rings is 1. The molecule has 2 aromatic carbocycles. The average molecular weight is 430 g/mol. The van der Waals surface area contributed by atoms with Gasteiger partial charge in [-0.1, -0.05) is 17.4 Å². The van der Waals surface area contributed by atoms with Crippen molar-refractivity contribution < 1.29 is 28.5 Å². The summed E-state index contributed by atoms with van der Waals surface area (Å²) in [5, 5.41) is 3.32. The van der Waals surface area contributed by atoms with E-state index in [-0.39, 0.29) is 12.0 Å². The molecule has 0 radical (unpaired) electrons. The van der Waals surface area contributed by atoms with Gasteiger partial charge in [0.25, 0.3) is 5.91 Å². The van der Waals surface area contributed by atoms with E-state index in [1.807, 2.05) is 12.1 Å². The minimum absolute atomic E-state index is 0.183. The number of anilines is 1. The molecule has 2 heterocycles. The third kappa shape index (κ3) is 3.91. The number of carbonyl (C=O) groups excluding carboxylic acids is 1. The van der Waals surface area contributed by atoms with Crippen LogP contribution >= 0.6 is 11.3 Å². The van der Waals surface area contributed by atoms with Gasteiger partial charge in [0.1, 0.15) is 28.9 Å². The summed E-state index contributed by atoms with van der Waals surface area (Å²) in [7, 11) is 4.66. The topological polar surface area (TPSA) is 88.1 Å². The van der Waals surface area contributed by atoms with Gasteiger partial charge in [0.05, 0.1) is 51.4 Å². The van der Waals surface area contributed by atoms with E-state index >= 15 is 0 Å². The minimum Gasteiger partial charge on any atom is -0.497 e. The maximum Gasteiger partial charge on any atom is 0.261 e. The van der Waals surface area contributed by atoms with Crippen LogP contribution in [0.1, 0.15) is 22.0 Å². The SMILES string of the molecule is COc1ccc(C(=O)Nc2nc3c(OC)ccc(C4COCCO4)c3s2)c(OC)c1. The summed E-state index contributed by atoms with van der Waals surface area (Å²) in [5.74, 6) is 1.32. The largest absolute Gasteiger partial charge is 0.497 e. The molecule has 0 aliphatic carbocycles. The highest BCUT2D eigenvalue weighted by Gasteiger charge is 2.23. The number of amides is 1. The van der Waals surface area contributed by atoms with Gasteiger partial charge in [0.15, 0.2) is 5.13 Å². The molecule has 3 aromatic rings. The Bertz CT molecular complexity index is 1060. The molecule has 8 nitrogen and oxygen atoms in total. The Morgan fingerprint density at radius 1 is 1.10 bits per heavy atom. The number of nitrogens with zero attached hydrogens (tertiary/aromatic N) is 1. The first-order valence-corrected chi connectivity index (χ1v) is 10.2. The first kappa shape index (κ1) is 20.4. The monoisotopic (exact) mass is 430 g/mol. The third-order valence-electron chi connectivity index (χ3n) is 4.79. The lowest BCUT2D eigenvalue weighted by molar-refractivity contribution is -0.0895. The van der Waals surface area contributed by atoms with Crippen molar-refractivity contribution in [1.29, 1.82) is 0 Å². The molecule has 4 rings (SSSR count). The van der Waals surface area contributed by atoms with Gasteiger partial charge in [-0.15, -0.1) is 0 Å². The van der Waals surface area contributed by atoms with Crippen LogP contribution < -0.4 is 19.5 Å². The van der Waals surface area contributed by atoms with E-state index in [4.69, 9.17) is 23.7 Å². The van der Waals surface area contributed by atoms with Gasteiger partial charge in [-0.3, -0.25) is 10.1 Å². The molecule has 30 heavy (non-hydrogen) atoms. The molecule has 1 atom stereocenters. The van der Waals surface area contributed by atoms with E-state index in [1.165, 1.54) is 18.4 Å². The highest BCUT2D eigenvalue weighted by Crippen LogP contribution is 2.39. The van der Waals surface area contributed by atoms with Gasteiger partial charge < -0.3 is 23.7 Å². The zero-order valence-corrected chi connectivity index (χ0v) is 17.7. The number of benzene rings is 2. The molecule has 1 saturated heterocycles. The first-order valence-electron chi connectivity index (χ1n) is 9.34. The van der Waals surface area contributed by atoms with Gasteiger partial charge in [0, 0.05) is 11.6 Å². The van der Waals surface area contributed by atoms with Crippen LogP contribution in [0.2, 0.25) is 0 Å². The van der Waals surface area contributed by atoms with Crippen LogP contribution in [0.15, 0.2) is 30.3 Å². The zero-order chi connectivity index (χ0) is 21.1. The molecule has 9 heteroatoms. The smallest absolute Gasteiger partial charge is 0.261 e. The normalized spacial score (nSPS) is 16.3. The van der Waals surface area contributed by atoms with E-state index in [0.29, 0.717) is 53.3 Å². The van der Waals surface area contributed by atoms with Crippen LogP contribution in [-0.4, -0.2) is 52.0 Å². The van der Waals surface area contributed by atoms with Crippen molar-refractivity contribution in [2.45, 2.75) is 6.10 Å². The number of hydrogen-bond donors (Lipinski definition) is 1. The first-order chi connectivity index (χ1) is 14.6. The maximum atomic E-state index is 12.9. The standard InChI is InChI=1S/C21H22N2O6S/c1-25-12-4-5-14(16(10-12)27-3)20(24)23-21-22-18-15(26-2)7-6-13(19(18)30-21)17-11-28-8-9-29-17/h4-7,10,17H,8-9,11H2,1-3H3,(H,22,23,24). The Kier molecular flexibility index (Phi) is 6.03. The Morgan fingerprint density at radius 2 is 1.93 bits per heavy atom. The molecular formula is C21H22N2O6S. The van der Waals surface area contributed by atoms with Crippen molar-refractivity contribution in [3.05, 3.63) is 41.5 Å². The lowest BCUT2D eigenvalue weighted by Gasteiger charge is -2.23. The van der Waals surface area contributed by atoms with Crippen LogP contribution in [0, 0.1) is 0 Å². The van der Waals surface area contributed by atoms with Crippen LogP contribution in [0.3, 0.4) is 0 Å². The Morgan fingerprint density at radius 3 is 2.63 bits per heavy atom. The van der Waals surface area contributed by atoms with Crippen LogP contribution in [0.5, 0.6) is 17.2 Å². The van der Waals surface area contributed by atoms with Gasteiger partial charge >= 0.3 is 0 Å². The summed E-state index contributed by atoms with van der Waals surface area (Å²) in [4.78, 5) is 17.5. The number of ether oxygens (including phenoxy) is 5. The second kappa shape index (κ2) is 8.86. The van der Waals surface area contributed by atoms with Crippen molar-refractivity contribution in [3.8, 4) is 17.2 Å². The molecule has 1 aliphatic heterocycles. The second-order valence-corrected chi connectivity index (χ2v) is 7.51. The molecule has 1 unspecified atom stereocenters. The highest BCUT2D eigenvalue weighted by atomic mass is 32.1. The fraction of sp³-hybridized carbons (Fsp3) is 0.333. The van der Waals surface area contributed by atoms with Crippen molar-refractivity contribution >= 4 is 32.6 Å². The van der Waals surface area contributed by atoms with E-state index in [9.17, 15) is 4.79 Å². The fourth-order valence-electron chi connectivity index (χ4n) is 3.29. The summed E-state index contributed by atoms with van der Waals surface area (Å²) in [6, 6.07) is 8.83. The van der Waals surface area contributed by atoms with Gasteiger partial charge in [-0.05, 0) is 18.2 Å². The summed E-state index contributed by atoms with van der Waals surface area (Å²) < 4.78 is 28.3. The molecule has 1 aliphatic rings. The van der Waals surface area contributed by atoms with E-state index in [1.54, 1.807) is 32.4 Å². The number of carbonyl (C=O) groups is 1. The van der Waals surface area contributed by atoms with Crippen LogP contribution in [-0.2, 0) is 9.47 Å². The van der Waals surface area contributed by atoms with Gasteiger partial charge in [-0.25, -0.2) is 4.98 Å². The molecule has 1 amide bonds. The summed E-state index contributed by atoms with van der Waals surface area (Å²) in [6.45, 7) is 1.60. The predicted octanol–water partition coefficient (Wildman–Crippen LogP) is 3.66. The van der Waals surface area contributed by atoms with Crippen molar-refractivity contribution in [2.75, 3.05) is 46.5 Å². The molecule has 0 spiro atoms. The predicted molar refractivity (Wildman–Crippen MR) is 113 cm³/mol. The maximum absolute atomic E-state index is 12.9. The number of aromatic nitrogens is 1. The molecule has 0 saturated carbocycles. The summed E-state index contributed by atoms with van der Waals surface area (Å²) in [5.41, 5.74) is 2.02. The van der Waals surface area contributed by atoms with Crippen molar-refractivity contribution in [2.24, 2.45) is 0 Å². The highest BCUT2D eigenvalue weighted by molar-refractivity contribution is 7.22. The van der Waals surface area contributed by atoms with Crippen LogP contribution in [0.4, 0.5) is 5.13 Å². The fourth-order valence-corrected chi connectivity index (χ4v) is 4.33. The van der Waals surface area contributed by atoms with Crippen molar-refractivity contribution in [1.82, 2.24) is 4.98 Å². The average Bonchev–Trinajstić information content (AvgIpc) is 3.21. The zero-order valence-electron chi connectivity index (χ0n) is 16.9. The van der Waals surface area contributed by atoms with E-state index in [0.717, 1.165) is 10.3 Å². The number of methoxy groups -OCH3 is 3. The Hall–Kier alpha value is -2.88. The number of rotatable bonds is 6. The second-order valence-electron chi connectivity index (χ2n) is 6.51. The lowest BCUT2D eigenvalue weighted by Crippen LogP contribution is -2.21. The molecule has 1 aromatic heterocycles. The number of nitrogens with one attached hydrogen (secondary N) is 1. The number of fused-ring (bicyclic) bond motifs is 1. The quantitative estimate of drug-likeness (QED) is 0.638. The molecule has 0 bridgehead atoms.